The predicted molar refractivity (Wildman–Crippen MR) is 125 cm³/mol. The first kappa shape index (κ1) is 25.5. The van der Waals surface area contributed by atoms with Crippen molar-refractivity contribution in [2.75, 3.05) is 18.0 Å². The molecule has 2 aromatic carbocycles. The Hall–Kier alpha value is -2.76. The van der Waals surface area contributed by atoms with E-state index >= 15 is 0 Å². The lowest BCUT2D eigenvalue weighted by Crippen LogP contribution is -2.34. The minimum atomic E-state index is -0.418. The van der Waals surface area contributed by atoms with Crippen LogP contribution in [-0.2, 0) is 4.79 Å². The summed E-state index contributed by atoms with van der Waals surface area (Å²) in [7, 11) is 0. The number of rotatable bonds is 14. The van der Waals surface area contributed by atoms with Crippen molar-refractivity contribution >= 4 is 17.5 Å². The Kier molecular flexibility index (Phi) is 11.4. The second-order valence-corrected chi connectivity index (χ2v) is 8.01. The number of amides is 2. The summed E-state index contributed by atoms with van der Waals surface area (Å²) in [5.41, 5.74) is 0.897. The number of nitrogens with zero attached hydrogens (tertiary/aromatic N) is 1. The molecular weight excluding hydrogens is 410 g/mol. The second-order valence-electron chi connectivity index (χ2n) is 8.01. The maximum atomic E-state index is 13.3. The zero-order valence-electron chi connectivity index (χ0n) is 18.9. The maximum Gasteiger partial charge on any atom is 0.258 e. The summed E-state index contributed by atoms with van der Waals surface area (Å²) >= 11 is 0. The fraction of sp³-hybridized carbons (Fsp3) is 0.462. The third-order valence-corrected chi connectivity index (χ3v) is 5.36. The summed E-state index contributed by atoms with van der Waals surface area (Å²) in [5.74, 6) is -1.08. The van der Waals surface area contributed by atoms with Crippen molar-refractivity contribution in [3.8, 4) is 0 Å². The van der Waals surface area contributed by atoms with Gasteiger partial charge in [-0.05, 0) is 61.4 Å². The van der Waals surface area contributed by atoms with Crippen LogP contribution in [0.5, 0.6) is 0 Å². The highest BCUT2D eigenvalue weighted by molar-refractivity contribution is 6.06. The lowest BCUT2D eigenvalue weighted by molar-refractivity contribution is -0.121. The zero-order valence-corrected chi connectivity index (χ0v) is 18.9. The first-order valence-corrected chi connectivity index (χ1v) is 11.6. The molecule has 0 bridgehead atoms. The van der Waals surface area contributed by atoms with Gasteiger partial charge >= 0.3 is 0 Å². The van der Waals surface area contributed by atoms with Gasteiger partial charge in [-0.25, -0.2) is 8.78 Å². The molecule has 0 fully saturated rings. The van der Waals surface area contributed by atoms with Crippen molar-refractivity contribution < 1.29 is 18.4 Å². The molecule has 0 saturated heterocycles. The summed E-state index contributed by atoms with van der Waals surface area (Å²) in [6, 6.07) is 11.0. The smallest absolute Gasteiger partial charge is 0.258 e. The van der Waals surface area contributed by atoms with Crippen LogP contribution in [0.4, 0.5) is 14.5 Å². The molecule has 32 heavy (non-hydrogen) atoms. The molecule has 1 N–H and O–H groups in total. The molecule has 174 valence electrons. The van der Waals surface area contributed by atoms with Crippen LogP contribution in [0.15, 0.2) is 48.5 Å². The molecule has 6 heteroatoms. The highest BCUT2D eigenvalue weighted by atomic mass is 19.1. The van der Waals surface area contributed by atoms with Gasteiger partial charge < -0.3 is 10.2 Å². The number of nitrogens with one attached hydrogen (secondary N) is 1. The molecule has 0 saturated carbocycles. The fourth-order valence-corrected chi connectivity index (χ4v) is 3.51. The molecule has 0 aliphatic rings. The van der Waals surface area contributed by atoms with Gasteiger partial charge in [-0.1, -0.05) is 45.4 Å². The molecule has 0 heterocycles. The van der Waals surface area contributed by atoms with Crippen molar-refractivity contribution in [3.05, 3.63) is 65.7 Å². The number of carbonyl (C=O) groups excluding carboxylic acids is 2. The SMILES string of the molecule is CCCCCCCCCC(=O)NCCCN(C(=O)c1ccc(F)cc1)c1ccc(F)cc1. The maximum absolute atomic E-state index is 13.3. The molecule has 2 aromatic rings. The summed E-state index contributed by atoms with van der Waals surface area (Å²) in [6.07, 6.45) is 9.21. The van der Waals surface area contributed by atoms with Crippen LogP contribution in [0.3, 0.4) is 0 Å². The molecular formula is C26H34F2N2O2. The molecule has 0 aliphatic heterocycles. The average molecular weight is 445 g/mol. The molecule has 0 spiro atoms. The van der Waals surface area contributed by atoms with Gasteiger partial charge in [-0.2, -0.15) is 0 Å². The lowest BCUT2D eigenvalue weighted by atomic mass is 10.1. The van der Waals surface area contributed by atoms with Crippen molar-refractivity contribution in [2.45, 2.75) is 64.7 Å². The number of hydrogen-bond donors (Lipinski definition) is 1. The van der Waals surface area contributed by atoms with E-state index in [9.17, 15) is 18.4 Å². The van der Waals surface area contributed by atoms with Gasteiger partial charge in [0, 0.05) is 30.8 Å². The molecule has 0 unspecified atom stereocenters. The van der Waals surface area contributed by atoms with Gasteiger partial charge in [-0.15, -0.1) is 0 Å². The van der Waals surface area contributed by atoms with E-state index in [0.29, 0.717) is 37.2 Å². The minimum absolute atomic E-state index is 0.0248. The van der Waals surface area contributed by atoms with Crippen LogP contribution < -0.4 is 10.2 Å². The Morgan fingerprint density at radius 1 is 0.781 bits per heavy atom. The van der Waals surface area contributed by atoms with Gasteiger partial charge in [0.05, 0.1) is 0 Å². The average Bonchev–Trinajstić information content (AvgIpc) is 2.79. The quantitative estimate of drug-likeness (QED) is 0.350. The van der Waals surface area contributed by atoms with Crippen LogP contribution in [0, 0.1) is 11.6 Å². The number of unbranched alkanes of at least 4 members (excludes halogenated alkanes) is 6. The predicted octanol–water partition coefficient (Wildman–Crippen LogP) is 6.26. The Balaban J connectivity index is 1.80. The van der Waals surface area contributed by atoms with Crippen LogP contribution in [0.25, 0.3) is 0 Å². The Bertz CT molecular complexity index is 823. The molecule has 0 aromatic heterocycles. The number of benzene rings is 2. The normalized spacial score (nSPS) is 10.7. The summed E-state index contributed by atoms with van der Waals surface area (Å²) in [5, 5.41) is 2.91. The van der Waals surface area contributed by atoms with E-state index < -0.39 is 5.82 Å². The molecule has 4 nitrogen and oxygen atoms in total. The highest BCUT2D eigenvalue weighted by Crippen LogP contribution is 2.19. The Morgan fingerprint density at radius 2 is 1.34 bits per heavy atom. The van der Waals surface area contributed by atoms with Gasteiger partial charge in [0.1, 0.15) is 11.6 Å². The Labute approximate surface area is 190 Å². The van der Waals surface area contributed by atoms with Gasteiger partial charge in [0.25, 0.3) is 5.91 Å². The minimum Gasteiger partial charge on any atom is -0.356 e. The van der Waals surface area contributed by atoms with Crippen LogP contribution in [-0.4, -0.2) is 24.9 Å². The fourth-order valence-electron chi connectivity index (χ4n) is 3.51. The first-order valence-electron chi connectivity index (χ1n) is 11.6. The van der Waals surface area contributed by atoms with E-state index in [1.807, 2.05) is 0 Å². The summed E-state index contributed by atoms with van der Waals surface area (Å²) < 4.78 is 26.5. The van der Waals surface area contributed by atoms with E-state index in [4.69, 9.17) is 0 Å². The van der Waals surface area contributed by atoms with E-state index in [1.165, 1.54) is 85.5 Å². The van der Waals surface area contributed by atoms with E-state index in [0.717, 1.165) is 12.8 Å². The lowest BCUT2D eigenvalue weighted by Gasteiger charge is -2.23. The van der Waals surface area contributed by atoms with Crippen molar-refractivity contribution in [1.82, 2.24) is 5.32 Å². The molecule has 0 atom stereocenters. The van der Waals surface area contributed by atoms with Crippen LogP contribution in [0.1, 0.15) is 75.1 Å². The van der Waals surface area contributed by atoms with E-state index in [-0.39, 0.29) is 17.6 Å². The first-order chi connectivity index (χ1) is 15.5. The van der Waals surface area contributed by atoms with Crippen molar-refractivity contribution in [2.24, 2.45) is 0 Å². The third-order valence-electron chi connectivity index (χ3n) is 5.36. The highest BCUT2D eigenvalue weighted by Gasteiger charge is 2.18. The number of halogens is 2. The Morgan fingerprint density at radius 3 is 1.97 bits per heavy atom. The standard InChI is InChI=1S/C26H34F2N2O2/c1-2-3-4-5-6-7-8-10-25(31)29-19-9-20-30(24-17-15-23(28)16-18-24)26(32)21-11-13-22(27)14-12-21/h11-18H,2-10,19-20H2,1H3,(H,29,31). The van der Waals surface area contributed by atoms with Crippen LogP contribution in [0.2, 0.25) is 0 Å². The van der Waals surface area contributed by atoms with Crippen molar-refractivity contribution in [1.29, 1.82) is 0 Å². The summed E-state index contributed by atoms with van der Waals surface area (Å²) in [6.45, 7) is 2.99. The van der Waals surface area contributed by atoms with Crippen molar-refractivity contribution in [3.63, 3.8) is 0 Å². The zero-order chi connectivity index (χ0) is 23.2. The third kappa shape index (κ3) is 9.16. The number of hydrogen-bond acceptors (Lipinski definition) is 2. The largest absolute Gasteiger partial charge is 0.356 e. The summed E-state index contributed by atoms with van der Waals surface area (Å²) in [4.78, 5) is 26.5. The van der Waals surface area contributed by atoms with Gasteiger partial charge in [-0.3, -0.25) is 9.59 Å². The van der Waals surface area contributed by atoms with E-state index in [2.05, 4.69) is 12.2 Å². The van der Waals surface area contributed by atoms with Crippen LogP contribution >= 0.6 is 0 Å². The molecule has 2 rings (SSSR count). The molecule has 0 aliphatic carbocycles. The number of carbonyl (C=O) groups is 2. The van der Waals surface area contributed by atoms with Gasteiger partial charge in [0.2, 0.25) is 5.91 Å². The second kappa shape index (κ2) is 14.3. The van der Waals surface area contributed by atoms with E-state index in [1.54, 1.807) is 0 Å². The molecule has 2 amide bonds. The monoisotopic (exact) mass is 444 g/mol. The molecule has 0 radical (unpaired) electrons. The number of anilines is 1. The topological polar surface area (TPSA) is 49.4 Å². The van der Waals surface area contributed by atoms with Gasteiger partial charge in [0.15, 0.2) is 0 Å².